The summed E-state index contributed by atoms with van der Waals surface area (Å²) in [6.45, 7) is 2.16. The van der Waals surface area contributed by atoms with E-state index in [1.807, 2.05) is 0 Å². The topological polar surface area (TPSA) is 66.4 Å². The van der Waals surface area contributed by atoms with Gasteiger partial charge in [-0.15, -0.1) is 0 Å². The van der Waals surface area contributed by atoms with Gasteiger partial charge in [0.05, 0.1) is 12.0 Å². The molecule has 0 aromatic heterocycles. The first kappa shape index (κ1) is 16.5. The number of rotatable bonds is 8. The summed E-state index contributed by atoms with van der Waals surface area (Å²) in [5.74, 6) is -0.447. The number of carbonyl (C=O) groups excluding carboxylic acids is 1. The highest BCUT2D eigenvalue weighted by Crippen LogP contribution is 2.31. The van der Waals surface area contributed by atoms with Crippen molar-refractivity contribution in [3.8, 4) is 0 Å². The molecule has 2 N–H and O–H groups in total. The first-order chi connectivity index (χ1) is 10.6. The summed E-state index contributed by atoms with van der Waals surface area (Å²) < 4.78 is 0. The minimum absolute atomic E-state index is 0.0679. The van der Waals surface area contributed by atoms with Crippen LogP contribution in [0.15, 0.2) is 24.3 Å². The van der Waals surface area contributed by atoms with Crippen molar-refractivity contribution in [1.82, 2.24) is 5.32 Å². The van der Waals surface area contributed by atoms with E-state index < -0.39 is 5.97 Å². The molecule has 0 spiro atoms. The number of hydrogen-bond donors (Lipinski definition) is 2. The normalized spacial score (nSPS) is 15.9. The van der Waals surface area contributed by atoms with Crippen molar-refractivity contribution in [2.24, 2.45) is 5.92 Å². The Morgan fingerprint density at radius 1 is 1.32 bits per heavy atom. The molecular formula is C18H25NO3. The van der Waals surface area contributed by atoms with E-state index in [9.17, 15) is 14.7 Å². The number of carbonyl (C=O) groups is 2. The van der Waals surface area contributed by atoms with Gasteiger partial charge in [-0.1, -0.05) is 44.4 Å². The van der Waals surface area contributed by atoms with Gasteiger partial charge < -0.3 is 10.4 Å². The Hall–Kier alpha value is -1.84. The minimum atomic E-state index is -0.982. The van der Waals surface area contributed by atoms with Gasteiger partial charge in [-0.3, -0.25) is 4.79 Å². The summed E-state index contributed by atoms with van der Waals surface area (Å²) in [6, 6.07) is 6.97. The second-order valence-electron chi connectivity index (χ2n) is 6.15. The number of amides is 1. The second kappa shape index (κ2) is 7.97. The Kier molecular flexibility index (Phi) is 5.99. The Morgan fingerprint density at radius 2 is 2.05 bits per heavy atom. The number of nitrogens with one attached hydrogen (secondary N) is 1. The molecule has 1 aliphatic carbocycles. The lowest BCUT2D eigenvalue weighted by atomic mass is 9.78. The molecule has 22 heavy (non-hydrogen) atoms. The summed E-state index contributed by atoms with van der Waals surface area (Å²) in [5.41, 5.74) is 0.793. The van der Waals surface area contributed by atoms with Crippen LogP contribution in [-0.2, 0) is 11.2 Å². The van der Waals surface area contributed by atoms with E-state index in [4.69, 9.17) is 0 Å². The molecule has 120 valence electrons. The highest BCUT2D eigenvalue weighted by molar-refractivity contribution is 5.91. The van der Waals surface area contributed by atoms with Crippen molar-refractivity contribution in [1.29, 1.82) is 0 Å². The zero-order valence-corrected chi connectivity index (χ0v) is 13.2. The number of unbranched alkanes of at least 4 members (excludes halogenated alkanes) is 1. The quantitative estimate of drug-likeness (QED) is 0.773. The third-order valence-corrected chi connectivity index (χ3v) is 4.53. The molecular weight excluding hydrogens is 278 g/mol. The molecule has 0 aliphatic heterocycles. The Bertz CT molecular complexity index is 523. The van der Waals surface area contributed by atoms with Crippen molar-refractivity contribution in [3.63, 3.8) is 0 Å². The molecule has 1 saturated carbocycles. The first-order valence-corrected chi connectivity index (χ1v) is 8.22. The van der Waals surface area contributed by atoms with E-state index in [2.05, 4.69) is 12.2 Å². The summed E-state index contributed by atoms with van der Waals surface area (Å²) >= 11 is 0. The van der Waals surface area contributed by atoms with Crippen LogP contribution in [0.2, 0.25) is 0 Å². The van der Waals surface area contributed by atoms with Gasteiger partial charge in [0, 0.05) is 6.04 Å². The number of hydrogen-bond acceptors (Lipinski definition) is 2. The number of aromatic carboxylic acids is 1. The predicted molar refractivity (Wildman–Crippen MR) is 85.9 cm³/mol. The molecule has 4 heteroatoms. The molecule has 1 unspecified atom stereocenters. The molecule has 1 aromatic carbocycles. The summed E-state index contributed by atoms with van der Waals surface area (Å²) in [4.78, 5) is 23.5. The van der Waals surface area contributed by atoms with Gasteiger partial charge in [-0.25, -0.2) is 4.79 Å². The number of benzene rings is 1. The summed E-state index contributed by atoms with van der Waals surface area (Å²) in [6.07, 6.45) is 7.05. The standard InChI is InChI=1S/C18H25NO3/c1-2-3-11-16(13-8-6-9-13)19-17(20)12-14-7-4-5-10-15(14)18(21)22/h4-5,7,10,13,16H,2-3,6,8-9,11-12H2,1H3,(H,19,20)(H,21,22). The molecule has 2 rings (SSSR count). The molecule has 4 nitrogen and oxygen atoms in total. The fourth-order valence-corrected chi connectivity index (χ4v) is 3.01. The molecule has 0 bridgehead atoms. The summed E-state index contributed by atoms with van der Waals surface area (Å²) in [5, 5.41) is 12.3. The smallest absolute Gasteiger partial charge is 0.335 e. The predicted octanol–water partition coefficient (Wildman–Crippen LogP) is 3.40. The maximum atomic E-state index is 12.3. The SMILES string of the molecule is CCCCC(NC(=O)Cc1ccccc1C(=O)O)C1CCC1. The highest BCUT2D eigenvalue weighted by Gasteiger charge is 2.28. The van der Waals surface area contributed by atoms with Crippen molar-refractivity contribution in [3.05, 3.63) is 35.4 Å². The zero-order valence-electron chi connectivity index (χ0n) is 13.2. The van der Waals surface area contributed by atoms with Gasteiger partial charge in [0.15, 0.2) is 0 Å². The number of carboxylic acid groups (broad SMARTS) is 1. The number of carboxylic acids is 1. The minimum Gasteiger partial charge on any atom is -0.478 e. The van der Waals surface area contributed by atoms with Crippen LogP contribution in [0.25, 0.3) is 0 Å². The van der Waals surface area contributed by atoms with Crippen molar-refractivity contribution in [2.45, 2.75) is 57.9 Å². The fourth-order valence-electron chi connectivity index (χ4n) is 3.01. The maximum Gasteiger partial charge on any atom is 0.335 e. The average molecular weight is 303 g/mol. The lowest BCUT2D eigenvalue weighted by Crippen LogP contribution is -2.43. The fraction of sp³-hybridized carbons (Fsp3) is 0.556. The van der Waals surface area contributed by atoms with E-state index in [0.717, 1.165) is 19.3 Å². The van der Waals surface area contributed by atoms with Crippen molar-refractivity contribution in [2.75, 3.05) is 0 Å². The van der Waals surface area contributed by atoms with Gasteiger partial charge in [0.2, 0.25) is 5.91 Å². The molecule has 1 aromatic rings. The van der Waals surface area contributed by atoms with E-state index in [1.165, 1.54) is 19.3 Å². The Labute approximate surface area is 131 Å². The van der Waals surface area contributed by atoms with E-state index in [-0.39, 0.29) is 23.9 Å². The molecule has 0 heterocycles. The first-order valence-electron chi connectivity index (χ1n) is 8.22. The van der Waals surface area contributed by atoms with Crippen LogP contribution in [0.4, 0.5) is 0 Å². The monoisotopic (exact) mass is 303 g/mol. The van der Waals surface area contributed by atoms with E-state index in [1.54, 1.807) is 24.3 Å². The van der Waals surface area contributed by atoms with Crippen LogP contribution in [-0.4, -0.2) is 23.0 Å². The van der Waals surface area contributed by atoms with Gasteiger partial charge in [-0.2, -0.15) is 0 Å². The van der Waals surface area contributed by atoms with Gasteiger partial charge in [0.1, 0.15) is 0 Å². The van der Waals surface area contributed by atoms with Crippen LogP contribution >= 0.6 is 0 Å². The van der Waals surface area contributed by atoms with E-state index >= 15 is 0 Å². The molecule has 0 radical (unpaired) electrons. The summed E-state index contributed by atoms with van der Waals surface area (Å²) in [7, 11) is 0. The molecule has 0 saturated heterocycles. The van der Waals surface area contributed by atoms with Gasteiger partial charge in [-0.05, 0) is 36.8 Å². The van der Waals surface area contributed by atoms with Crippen molar-refractivity contribution >= 4 is 11.9 Å². The average Bonchev–Trinajstić information content (AvgIpc) is 2.43. The maximum absolute atomic E-state index is 12.3. The lowest BCUT2D eigenvalue weighted by Gasteiger charge is -2.34. The third kappa shape index (κ3) is 4.33. The second-order valence-corrected chi connectivity index (χ2v) is 6.15. The Balaban J connectivity index is 1.97. The van der Waals surface area contributed by atoms with Crippen LogP contribution < -0.4 is 5.32 Å². The lowest BCUT2D eigenvalue weighted by molar-refractivity contribution is -0.121. The van der Waals surface area contributed by atoms with Gasteiger partial charge in [0.25, 0.3) is 0 Å². The molecule has 1 atom stereocenters. The van der Waals surface area contributed by atoms with Crippen LogP contribution in [0, 0.1) is 5.92 Å². The largest absolute Gasteiger partial charge is 0.478 e. The third-order valence-electron chi connectivity index (χ3n) is 4.53. The highest BCUT2D eigenvalue weighted by atomic mass is 16.4. The van der Waals surface area contributed by atoms with Crippen LogP contribution in [0.1, 0.15) is 61.4 Å². The van der Waals surface area contributed by atoms with Crippen molar-refractivity contribution < 1.29 is 14.7 Å². The van der Waals surface area contributed by atoms with E-state index in [0.29, 0.717) is 11.5 Å². The van der Waals surface area contributed by atoms with Crippen LogP contribution in [0.3, 0.4) is 0 Å². The van der Waals surface area contributed by atoms with Crippen LogP contribution in [0.5, 0.6) is 0 Å². The molecule has 1 amide bonds. The zero-order chi connectivity index (χ0) is 15.9. The molecule has 1 fully saturated rings. The Morgan fingerprint density at radius 3 is 2.64 bits per heavy atom. The van der Waals surface area contributed by atoms with Gasteiger partial charge >= 0.3 is 5.97 Å². The molecule has 1 aliphatic rings.